The van der Waals surface area contributed by atoms with E-state index in [-0.39, 0.29) is 12.3 Å². The van der Waals surface area contributed by atoms with Gasteiger partial charge in [-0.25, -0.2) is 18.7 Å². The minimum atomic E-state index is -0.618. The fraction of sp³-hybridized carbons (Fsp3) is 0.286. The van der Waals surface area contributed by atoms with Crippen LogP contribution >= 0.6 is 27.5 Å². The Morgan fingerprint density at radius 3 is 2.30 bits per heavy atom. The topological polar surface area (TPSA) is 25.8 Å². The number of aromatic nitrogens is 2. The van der Waals surface area contributed by atoms with Gasteiger partial charge in [0, 0.05) is 12.5 Å². The molecule has 0 atom stereocenters. The number of hydrogen-bond donors (Lipinski definition) is 0. The normalized spacial score (nSPS) is 11.2. The molecule has 2 nitrogen and oxygen atoms in total. The van der Waals surface area contributed by atoms with Gasteiger partial charge in [-0.3, -0.25) is 0 Å². The highest BCUT2D eigenvalue weighted by Crippen LogP contribution is 2.29. The smallest absolute Gasteiger partial charge is 0.147 e. The van der Waals surface area contributed by atoms with Gasteiger partial charge in [-0.05, 0) is 39.5 Å². The number of nitrogens with zero attached hydrogens (tertiary/aromatic N) is 2. The molecule has 106 valence electrons. The minimum Gasteiger partial charge on any atom is -0.236 e. The summed E-state index contributed by atoms with van der Waals surface area (Å²) in [7, 11) is 0. The molecule has 0 spiro atoms. The molecule has 0 aliphatic rings. The van der Waals surface area contributed by atoms with E-state index < -0.39 is 11.6 Å². The second-order valence-electron chi connectivity index (χ2n) is 4.74. The molecule has 0 N–H and O–H groups in total. The maximum atomic E-state index is 13.2. The molecule has 0 aliphatic heterocycles. The van der Waals surface area contributed by atoms with Crippen LogP contribution in [-0.2, 0) is 6.42 Å². The zero-order valence-electron chi connectivity index (χ0n) is 10.9. The molecule has 0 radical (unpaired) electrons. The highest BCUT2D eigenvalue weighted by molar-refractivity contribution is 9.10. The summed E-state index contributed by atoms with van der Waals surface area (Å²) in [6.45, 7) is 3.96. The Kier molecular flexibility index (Phi) is 4.70. The monoisotopic (exact) mass is 360 g/mol. The predicted octanol–water partition coefficient (Wildman–Crippen LogP) is 4.88. The predicted molar refractivity (Wildman–Crippen MR) is 78.0 cm³/mol. The van der Waals surface area contributed by atoms with Crippen molar-refractivity contribution in [3.8, 4) is 0 Å². The molecule has 1 heterocycles. The van der Waals surface area contributed by atoms with E-state index in [1.807, 2.05) is 13.8 Å². The van der Waals surface area contributed by atoms with Crippen LogP contribution in [0.2, 0.25) is 5.15 Å². The van der Waals surface area contributed by atoms with E-state index in [4.69, 9.17) is 11.6 Å². The van der Waals surface area contributed by atoms with Gasteiger partial charge in [-0.2, -0.15) is 0 Å². The Morgan fingerprint density at radius 1 is 1.15 bits per heavy atom. The first-order valence-corrected chi connectivity index (χ1v) is 7.20. The van der Waals surface area contributed by atoms with Gasteiger partial charge in [-0.1, -0.05) is 25.4 Å². The average molecular weight is 362 g/mol. The van der Waals surface area contributed by atoms with Gasteiger partial charge in [-0.15, -0.1) is 0 Å². The highest BCUT2D eigenvalue weighted by Gasteiger charge is 2.14. The van der Waals surface area contributed by atoms with Crippen molar-refractivity contribution in [2.24, 2.45) is 0 Å². The van der Waals surface area contributed by atoms with Crippen LogP contribution in [0.4, 0.5) is 8.78 Å². The summed E-state index contributed by atoms with van der Waals surface area (Å²) in [5.41, 5.74) is 1.24. The summed E-state index contributed by atoms with van der Waals surface area (Å²) in [5, 5.41) is 0.301. The summed E-state index contributed by atoms with van der Waals surface area (Å²) in [6.07, 6.45) is 0.224. The van der Waals surface area contributed by atoms with E-state index in [1.54, 1.807) is 0 Å². The maximum absolute atomic E-state index is 13.2. The first-order valence-electron chi connectivity index (χ1n) is 6.03. The Morgan fingerprint density at radius 2 is 1.75 bits per heavy atom. The molecule has 0 bridgehead atoms. The summed E-state index contributed by atoms with van der Waals surface area (Å²) in [5.74, 6) is -0.639. The molecule has 1 aromatic heterocycles. The van der Waals surface area contributed by atoms with Gasteiger partial charge in [0.15, 0.2) is 0 Å². The van der Waals surface area contributed by atoms with E-state index in [2.05, 4.69) is 25.9 Å². The molecule has 2 rings (SSSR count). The highest BCUT2D eigenvalue weighted by atomic mass is 79.9. The van der Waals surface area contributed by atoms with Crippen LogP contribution in [0.5, 0.6) is 0 Å². The second kappa shape index (κ2) is 6.14. The minimum absolute atomic E-state index is 0.160. The van der Waals surface area contributed by atoms with Crippen LogP contribution in [-0.4, -0.2) is 9.97 Å². The molecule has 0 aliphatic carbocycles. The summed E-state index contributed by atoms with van der Waals surface area (Å²) >= 11 is 9.39. The van der Waals surface area contributed by atoms with Crippen LogP contribution in [0.1, 0.15) is 36.8 Å². The molecule has 6 heteroatoms. The standard InChI is InChI=1S/C14H12BrClF2N2/c1-7(2)13-12(15)14(16)20-11(19-13)5-8-3-9(17)6-10(18)4-8/h3-4,6-7H,5H2,1-2H3. The Hall–Kier alpha value is -1.07. The zero-order valence-corrected chi connectivity index (χ0v) is 13.3. The van der Waals surface area contributed by atoms with Gasteiger partial charge >= 0.3 is 0 Å². The van der Waals surface area contributed by atoms with Crippen molar-refractivity contribution >= 4 is 27.5 Å². The van der Waals surface area contributed by atoms with Crippen LogP contribution in [0.25, 0.3) is 0 Å². The third-order valence-corrected chi connectivity index (χ3v) is 4.00. The first-order chi connectivity index (χ1) is 9.36. The van der Waals surface area contributed by atoms with Crippen molar-refractivity contribution in [1.82, 2.24) is 9.97 Å². The molecule has 0 fully saturated rings. The lowest BCUT2D eigenvalue weighted by Crippen LogP contribution is -2.04. The molecule has 0 unspecified atom stereocenters. The summed E-state index contributed by atoms with van der Waals surface area (Å²) < 4.78 is 27.0. The Balaban J connectivity index is 2.38. The lowest BCUT2D eigenvalue weighted by molar-refractivity contribution is 0.580. The molecule has 1 aromatic carbocycles. The first kappa shape index (κ1) is 15.3. The van der Waals surface area contributed by atoms with Crippen LogP contribution in [0.15, 0.2) is 22.7 Å². The van der Waals surface area contributed by atoms with Gasteiger partial charge in [0.05, 0.1) is 10.2 Å². The quantitative estimate of drug-likeness (QED) is 0.728. The van der Waals surface area contributed by atoms with Crippen molar-refractivity contribution in [3.05, 3.63) is 56.5 Å². The van der Waals surface area contributed by atoms with Gasteiger partial charge < -0.3 is 0 Å². The third kappa shape index (κ3) is 3.52. The third-order valence-electron chi connectivity index (χ3n) is 2.71. The molecule has 2 aromatic rings. The van der Waals surface area contributed by atoms with Crippen molar-refractivity contribution in [2.75, 3.05) is 0 Å². The molecular weight excluding hydrogens is 350 g/mol. The van der Waals surface area contributed by atoms with E-state index in [9.17, 15) is 8.78 Å². The van der Waals surface area contributed by atoms with Crippen LogP contribution in [0.3, 0.4) is 0 Å². The second-order valence-corrected chi connectivity index (χ2v) is 5.89. The van der Waals surface area contributed by atoms with E-state index >= 15 is 0 Å². The Labute approximate surface area is 129 Å². The lowest BCUT2D eigenvalue weighted by atomic mass is 10.1. The average Bonchev–Trinajstić information content (AvgIpc) is 2.31. The SMILES string of the molecule is CC(C)c1nc(Cc2cc(F)cc(F)c2)nc(Cl)c1Br. The van der Waals surface area contributed by atoms with Crippen molar-refractivity contribution in [2.45, 2.75) is 26.2 Å². The Bertz CT molecular complexity index is 627. The molecular formula is C14H12BrClF2N2. The maximum Gasteiger partial charge on any atom is 0.147 e. The number of benzene rings is 1. The van der Waals surface area contributed by atoms with E-state index in [0.717, 1.165) is 11.8 Å². The number of halogens is 4. The fourth-order valence-electron chi connectivity index (χ4n) is 1.84. The largest absolute Gasteiger partial charge is 0.236 e. The van der Waals surface area contributed by atoms with Gasteiger partial charge in [0.25, 0.3) is 0 Å². The van der Waals surface area contributed by atoms with Gasteiger partial charge in [0.2, 0.25) is 0 Å². The zero-order chi connectivity index (χ0) is 14.9. The van der Waals surface area contributed by atoms with Crippen molar-refractivity contribution in [3.63, 3.8) is 0 Å². The summed E-state index contributed by atoms with van der Waals surface area (Å²) in [6, 6.07) is 3.35. The molecule has 0 amide bonds. The molecule has 0 saturated carbocycles. The van der Waals surface area contributed by atoms with Crippen LogP contribution < -0.4 is 0 Å². The molecule has 20 heavy (non-hydrogen) atoms. The van der Waals surface area contributed by atoms with Gasteiger partial charge in [0.1, 0.15) is 22.6 Å². The fourth-order valence-corrected chi connectivity index (χ4v) is 2.67. The van der Waals surface area contributed by atoms with Crippen LogP contribution in [0, 0.1) is 11.6 Å². The summed E-state index contributed by atoms with van der Waals surface area (Å²) in [4.78, 5) is 8.53. The lowest BCUT2D eigenvalue weighted by Gasteiger charge is -2.11. The van der Waals surface area contributed by atoms with E-state index in [1.165, 1.54) is 12.1 Å². The molecule has 0 saturated heterocycles. The van der Waals surface area contributed by atoms with Crippen molar-refractivity contribution in [1.29, 1.82) is 0 Å². The number of hydrogen-bond acceptors (Lipinski definition) is 2. The number of rotatable bonds is 3. The van der Waals surface area contributed by atoms with Crippen molar-refractivity contribution < 1.29 is 8.78 Å². The van der Waals surface area contributed by atoms with E-state index in [0.29, 0.717) is 21.0 Å².